The zero-order valence-corrected chi connectivity index (χ0v) is 17.8. The van der Waals surface area contributed by atoms with Crippen LogP contribution in [0.3, 0.4) is 0 Å². The van der Waals surface area contributed by atoms with Gasteiger partial charge in [0.25, 0.3) is 6.47 Å². The lowest BCUT2D eigenvalue weighted by Gasteiger charge is -2.14. The summed E-state index contributed by atoms with van der Waals surface area (Å²) in [5.74, 6) is 1.80. The Morgan fingerprint density at radius 1 is 1.00 bits per heavy atom. The molecule has 1 aromatic heterocycles. The van der Waals surface area contributed by atoms with Crippen LogP contribution in [0.1, 0.15) is 59.4 Å². The van der Waals surface area contributed by atoms with Crippen molar-refractivity contribution in [2.75, 3.05) is 13.2 Å². The molecule has 0 fully saturated rings. The van der Waals surface area contributed by atoms with Crippen molar-refractivity contribution < 1.29 is 18.7 Å². The first-order valence-electron chi connectivity index (χ1n) is 10.1. The highest BCUT2D eigenvalue weighted by Gasteiger charge is 2.16. The standard InChI is InChI=1S/C19H24O5.C4H10/c1-14(2)12-16-18(23-11-7-3-6-10-22-13-20)15-8-4-5-9-17(15)24-19(16)21;1-4(2)3/h4-5,8-9,13-14H,3,6-7,10-12H2,1-2H3;4H,1-3H3. The van der Waals surface area contributed by atoms with E-state index in [9.17, 15) is 9.59 Å². The molecule has 5 nitrogen and oxygen atoms in total. The van der Waals surface area contributed by atoms with Gasteiger partial charge in [-0.3, -0.25) is 4.79 Å². The van der Waals surface area contributed by atoms with Crippen LogP contribution in [0.15, 0.2) is 33.5 Å². The average Bonchev–Trinajstić information content (AvgIpc) is 2.62. The van der Waals surface area contributed by atoms with Crippen LogP contribution in [-0.2, 0) is 16.0 Å². The fourth-order valence-corrected chi connectivity index (χ4v) is 2.60. The summed E-state index contributed by atoms with van der Waals surface area (Å²) in [5, 5.41) is 0.831. The molecule has 156 valence electrons. The molecule has 5 heteroatoms. The first kappa shape index (κ1) is 23.7. The van der Waals surface area contributed by atoms with Crippen LogP contribution in [-0.4, -0.2) is 19.7 Å². The van der Waals surface area contributed by atoms with Crippen LogP contribution in [0.25, 0.3) is 11.0 Å². The first-order valence-corrected chi connectivity index (χ1v) is 10.1. The van der Waals surface area contributed by atoms with E-state index >= 15 is 0 Å². The van der Waals surface area contributed by atoms with Gasteiger partial charge in [-0.1, -0.05) is 46.8 Å². The monoisotopic (exact) mass is 390 g/mol. The van der Waals surface area contributed by atoms with E-state index in [1.165, 1.54) is 0 Å². The number of hydrogen-bond acceptors (Lipinski definition) is 5. The van der Waals surface area contributed by atoms with Gasteiger partial charge in [-0.05, 0) is 49.7 Å². The van der Waals surface area contributed by atoms with Crippen LogP contribution >= 0.6 is 0 Å². The van der Waals surface area contributed by atoms with Crippen LogP contribution < -0.4 is 10.4 Å². The van der Waals surface area contributed by atoms with Gasteiger partial charge >= 0.3 is 5.63 Å². The molecule has 0 saturated heterocycles. The van der Waals surface area contributed by atoms with E-state index in [0.717, 1.165) is 30.6 Å². The number of hydrogen-bond donors (Lipinski definition) is 0. The van der Waals surface area contributed by atoms with E-state index in [1.54, 1.807) is 6.07 Å². The lowest BCUT2D eigenvalue weighted by molar-refractivity contribution is -0.128. The molecule has 1 aromatic carbocycles. The van der Waals surface area contributed by atoms with E-state index in [1.807, 2.05) is 18.2 Å². The summed E-state index contributed by atoms with van der Waals surface area (Å²) >= 11 is 0. The van der Waals surface area contributed by atoms with Gasteiger partial charge in [-0.25, -0.2) is 4.79 Å². The number of carbonyl (C=O) groups excluding carboxylic acids is 1. The molecule has 28 heavy (non-hydrogen) atoms. The minimum absolute atomic E-state index is 0.322. The van der Waals surface area contributed by atoms with E-state index in [2.05, 4.69) is 39.4 Å². The molecule has 0 radical (unpaired) electrons. The van der Waals surface area contributed by atoms with Gasteiger partial charge in [0.2, 0.25) is 0 Å². The molecular formula is C23H34O5. The van der Waals surface area contributed by atoms with Crippen molar-refractivity contribution >= 4 is 17.4 Å². The molecule has 0 atom stereocenters. The van der Waals surface area contributed by atoms with Crippen molar-refractivity contribution in [2.24, 2.45) is 11.8 Å². The van der Waals surface area contributed by atoms with Crippen molar-refractivity contribution in [1.82, 2.24) is 0 Å². The molecule has 0 aliphatic heterocycles. The summed E-state index contributed by atoms with van der Waals surface area (Å²) in [6, 6.07) is 7.43. The molecule has 0 N–H and O–H groups in total. The van der Waals surface area contributed by atoms with E-state index < -0.39 is 0 Å². The minimum Gasteiger partial charge on any atom is -0.492 e. The maximum Gasteiger partial charge on any atom is 0.343 e. The Bertz CT molecular complexity index is 758. The fourth-order valence-electron chi connectivity index (χ4n) is 2.60. The molecule has 0 bridgehead atoms. The number of rotatable bonds is 10. The second kappa shape index (κ2) is 13.0. The molecule has 0 unspecified atom stereocenters. The number of ether oxygens (including phenoxy) is 2. The molecule has 0 spiro atoms. The highest BCUT2D eigenvalue weighted by atomic mass is 16.5. The summed E-state index contributed by atoms with van der Waals surface area (Å²) in [4.78, 5) is 22.4. The maximum absolute atomic E-state index is 12.3. The zero-order chi connectivity index (χ0) is 20.9. The van der Waals surface area contributed by atoms with Crippen molar-refractivity contribution in [3.05, 3.63) is 40.2 Å². The predicted molar refractivity (Wildman–Crippen MR) is 113 cm³/mol. The smallest absolute Gasteiger partial charge is 0.343 e. The largest absolute Gasteiger partial charge is 0.492 e. The van der Waals surface area contributed by atoms with Gasteiger partial charge in [0.05, 0.1) is 24.2 Å². The van der Waals surface area contributed by atoms with Crippen LogP contribution in [0.5, 0.6) is 5.75 Å². The second-order valence-electron chi connectivity index (χ2n) is 7.90. The average molecular weight is 391 g/mol. The third-order valence-electron chi connectivity index (χ3n) is 3.69. The highest BCUT2D eigenvalue weighted by molar-refractivity contribution is 5.84. The molecule has 0 aliphatic carbocycles. The van der Waals surface area contributed by atoms with E-state index in [4.69, 9.17) is 9.15 Å². The quantitative estimate of drug-likeness (QED) is 0.310. The van der Waals surface area contributed by atoms with Crippen LogP contribution in [0, 0.1) is 11.8 Å². The lowest BCUT2D eigenvalue weighted by atomic mass is 10.0. The SMILES string of the molecule is CC(C)C.CC(C)Cc1c(OCCCCCOC=O)c2ccccc2oc1=O. The molecule has 0 amide bonds. The predicted octanol–water partition coefficient (Wildman–Crippen LogP) is 5.38. The van der Waals surface area contributed by atoms with E-state index in [0.29, 0.717) is 48.9 Å². The van der Waals surface area contributed by atoms with Gasteiger partial charge in [0, 0.05) is 0 Å². The van der Waals surface area contributed by atoms with Crippen LogP contribution in [0.2, 0.25) is 0 Å². The summed E-state index contributed by atoms with van der Waals surface area (Å²) in [7, 11) is 0. The summed E-state index contributed by atoms with van der Waals surface area (Å²) < 4.78 is 16.0. The van der Waals surface area contributed by atoms with Gasteiger partial charge in [0.1, 0.15) is 11.3 Å². The Balaban J connectivity index is 0.000000892. The molecule has 2 rings (SSSR count). The molecule has 2 aromatic rings. The van der Waals surface area contributed by atoms with Gasteiger partial charge in [-0.2, -0.15) is 0 Å². The Hall–Kier alpha value is -2.30. The Morgan fingerprint density at radius 2 is 1.64 bits per heavy atom. The lowest BCUT2D eigenvalue weighted by Crippen LogP contribution is -2.14. The van der Waals surface area contributed by atoms with Crippen molar-refractivity contribution in [2.45, 2.75) is 60.3 Å². The van der Waals surface area contributed by atoms with Gasteiger partial charge < -0.3 is 13.9 Å². The first-order chi connectivity index (χ1) is 13.4. The summed E-state index contributed by atoms with van der Waals surface area (Å²) in [6.45, 7) is 12.0. The topological polar surface area (TPSA) is 65.7 Å². The Labute approximate surface area is 168 Å². The number of unbranched alkanes of at least 4 members (excludes halogenated alkanes) is 2. The highest BCUT2D eigenvalue weighted by Crippen LogP contribution is 2.29. The fraction of sp³-hybridized carbons (Fsp3) is 0.565. The maximum atomic E-state index is 12.3. The van der Waals surface area contributed by atoms with Crippen molar-refractivity contribution in [3.8, 4) is 5.75 Å². The Kier molecular flexibility index (Phi) is 11.0. The Morgan fingerprint density at radius 3 is 2.29 bits per heavy atom. The van der Waals surface area contributed by atoms with Crippen molar-refractivity contribution in [3.63, 3.8) is 0 Å². The zero-order valence-electron chi connectivity index (χ0n) is 17.8. The number of benzene rings is 1. The van der Waals surface area contributed by atoms with Crippen molar-refractivity contribution in [1.29, 1.82) is 0 Å². The normalized spacial score (nSPS) is 10.7. The number of fused-ring (bicyclic) bond motifs is 1. The van der Waals surface area contributed by atoms with Crippen LogP contribution in [0.4, 0.5) is 0 Å². The minimum atomic E-state index is -0.322. The van der Waals surface area contributed by atoms with Gasteiger partial charge in [0.15, 0.2) is 0 Å². The second-order valence-corrected chi connectivity index (χ2v) is 7.90. The third-order valence-corrected chi connectivity index (χ3v) is 3.69. The number of carbonyl (C=O) groups is 1. The third kappa shape index (κ3) is 8.59. The summed E-state index contributed by atoms with van der Waals surface area (Å²) in [5.41, 5.74) is 0.828. The molecular weight excluding hydrogens is 356 g/mol. The molecule has 0 aliphatic rings. The summed E-state index contributed by atoms with van der Waals surface area (Å²) in [6.07, 6.45) is 3.15. The molecule has 1 heterocycles. The van der Waals surface area contributed by atoms with E-state index in [-0.39, 0.29) is 5.63 Å². The number of para-hydroxylation sites is 1. The van der Waals surface area contributed by atoms with Gasteiger partial charge in [-0.15, -0.1) is 0 Å². The molecule has 0 saturated carbocycles.